The monoisotopic (exact) mass is 324 g/mol. The van der Waals surface area contributed by atoms with Crippen LogP contribution in [0, 0.1) is 0 Å². The summed E-state index contributed by atoms with van der Waals surface area (Å²) in [6.07, 6.45) is 6.32. The number of esters is 1. The molecule has 1 aliphatic carbocycles. The molecule has 122 valence electrons. The SMILES string of the molecule is COC(=O)C[C@@]1(N[S@+]([O-])C(C)(C)C)CCCc2ccncc21. The van der Waals surface area contributed by atoms with Crippen molar-refractivity contribution in [3.05, 3.63) is 29.6 Å². The first kappa shape index (κ1) is 17.2. The van der Waals surface area contributed by atoms with Crippen molar-refractivity contribution in [1.29, 1.82) is 0 Å². The van der Waals surface area contributed by atoms with Crippen molar-refractivity contribution < 1.29 is 14.1 Å². The normalized spacial score (nSPS) is 22.8. The smallest absolute Gasteiger partial charge is 0.307 e. The molecule has 1 aromatic heterocycles. The third-order valence-electron chi connectivity index (χ3n) is 3.99. The maximum Gasteiger partial charge on any atom is 0.307 e. The lowest BCUT2D eigenvalue weighted by Gasteiger charge is -2.40. The van der Waals surface area contributed by atoms with Crippen LogP contribution in [0.1, 0.15) is 51.2 Å². The molecule has 2 atom stereocenters. The second kappa shape index (κ2) is 6.56. The molecule has 1 aromatic rings. The lowest BCUT2D eigenvalue weighted by Crippen LogP contribution is -2.53. The molecule has 0 radical (unpaired) electrons. The van der Waals surface area contributed by atoms with E-state index in [1.165, 1.54) is 7.11 Å². The van der Waals surface area contributed by atoms with Gasteiger partial charge in [-0.05, 0) is 57.2 Å². The van der Waals surface area contributed by atoms with Crippen LogP contribution in [0.15, 0.2) is 18.5 Å². The molecular formula is C16H24N2O3S. The zero-order valence-corrected chi connectivity index (χ0v) is 14.5. The molecule has 0 spiro atoms. The van der Waals surface area contributed by atoms with Crippen LogP contribution in [0.5, 0.6) is 0 Å². The summed E-state index contributed by atoms with van der Waals surface area (Å²) in [5.74, 6) is -0.310. The van der Waals surface area contributed by atoms with Gasteiger partial charge in [-0.1, -0.05) is 0 Å². The number of carbonyl (C=O) groups excluding carboxylic acids is 1. The summed E-state index contributed by atoms with van der Waals surface area (Å²) >= 11 is -1.29. The Morgan fingerprint density at radius 3 is 2.91 bits per heavy atom. The van der Waals surface area contributed by atoms with Crippen molar-refractivity contribution in [1.82, 2.24) is 9.71 Å². The highest BCUT2D eigenvalue weighted by molar-refractivity contribution is 7.90. The standard InChI is InChI=1S/C16H24N2O3S/c1-15(2,3)22(20)18-16(10-14(19)21-4)8-5-6-12-7-9-17-11-13(12)16/h7,9,11,18H,5-6,8,10H2,1-4H3/t16-,22+/m0/s1. The van der Waals surface area contributed by atoms with E-state index in [0.717, 1.165) is 30.4 Å². The van der Waals surface area contributed by atoms with Gasteiger partial charge in [-0.3, -0.25) is 9.78 Å². The fourth-order valence-electron chi connectivity index (χ4n) is 2.76. The number of pyridine rings is 1. The van der Waals surface area contributed by atoms with E-state index in [1.54, 1.807) is 12.4 Å². The predicted molar refractivity (Wildman–Crippen MR) is 86.5 cm³/mol. The van der Waals surface area contributed by atoms with Gasteiger partial charge in [0.05, 0.1) is 13.5 Å². The molecule has 0 fully saturated rings. The third kappa shape index (κ3) is 3.62. The fraction of sp³-hybridized carbons (Fsp3) is 0.625. The van der Waals surface area contributed by atoms with Crippen molar-refractivity contribution in [2.24, 2.45) is 0 Å². The molecule has 0 bridgehead atoms. The second-order valence-corrected chi connectivity index (χ2v) is 8.67. The van der Waals surface area contributed by atoms with E-state index in [4.69, 9.17) is 4.74 Å². The molecule has 0 aromatic carbocycles. The first-order chi connectivity index (χ1) is 10.3. The van der Waals surface area contributed by atoms with E-state index in [0.29, 0.717) is 0 Å². The van der Waals surface area contributed by atoms with Crippen LogP contribution in [0.4, 0.5) is 0 Å². The topological polar surface area (TPSA) is 74.3 Å². The molecule has 1 heterocycles. The van der Waals surface area contributed by atoms with E-state index in [9.17, 15) is 9.35 Å². The minimum atomic E-state index is -1.29. The van der Waals surface area contributed by atoms with Gasteiger partial charge in [0.25, 0.3) is 0 Å². The van der Waals surface area contributed by atoms with Gasteiger partial charge in [-0.15, -0.1) is 4.72 Å². The van der Waals surface area contributed by atoms with Crippen molar-refractivity contribution in [3.63, 3.8) is 0 Å². The number of hydrogen-bond donors (Lipinski definition) is 1. The van der Waals surface area contributed by atoms with Crippen LogP contribution in [-0.4, -0.2) is 27.4 Å². The summed E-state index contributed by atoms with van der Waals surface area (Å²) in [6, 6.07) is 1.97. The van der Waals surface area contributed by atoms with Crippen LogP contribution < -0.4 is 4.72 Å². The highest BCUT2D eigenvalue weighted by Crippen LogP contribution is 2.39. The van der Waals surface area contributed by atoms with Crippen molar-refractivity contribution >= 4 is 17.3 Å². The van der Waals surface area contributed by atoms with Crippen molar-refractivity contribution in [2.75, 3.05) is 7.11 Å². The summed E-state index contributed by atoms with van der Waals surface area (Å²) in [5.41, 5.74) is 1.44. The summed E-state index contributed by atoms with van der Waals surface area (Å²) in [6.45, 7) is 5.73. The maximum absolute atomic E-state index is 12.6. The number of aryl methyl sites for hydroxylation is 1. The Balaban J connectivity index is 2.41. The van der Waals surface area contributed by atoms with E-state index >= 15 is 0 Å². The number of methoxy groups -OCH3 is 1. The Kier molecular flexibility index (Phi) is 5.14. The van der Waals surface area contributed by atoms with Gasteiger partial charge in [0, 0.05) is 23.8 Å². The molecule has 0 saturated heterocycles. The first-order valence-electron chi connectivity index (χ1n) is 7.48. The number of ether oxygens (including phenoxy) is 1. The van der Waals surface area contributed by atoms with Gasteiger partial charge in [0.15, 0.2) is 0 Å². The van der Waals surface area contributed by atoms with Crippen LogP contribution >= 0.6 is 0 Å². The van der Waals surface area contributed by atoms with Gasteiger partial charge in [-0.2, -0.15) is 0 Å². The molecule has 0 saturated carbocycles. The predicted octanol–water partition coefficient (Wildman–Crippen LogP) is 2.23. The Morgan fingerprint density at radius 2 is 2.27 bits per heavy atom. The molecule has 0 aliphatic heterocycles. The van der Waals surface area contributed by atoms with Gasteiger partial charge in [0.1, 0.15) is 10.3 Å². The molecule has 6 heteroatoms. The van der Waals surface area contributed by atoms with Gasteiger partial charge >= 0.3 is 5.97 Å². The number of hydrogen-bond acceptors (Lipinski definition) is 5. The average molecular weight is 324 g/mol. The summed E-state index contributed by atoms with van der Waals surface area (Å²) in [4.78, 5) is 16.1. The number of nitrogens with zero attached hydrogens (tertiary/aromatic N) is 1. The zero-order chi connectivity index (χ0) is 16.4. The van der Waals surface area contributed by atoms with Gasteiger partial charge in [-0.25, -0.2) is 0 Å². The highest BCUT2D eigenvalue weighted by atomic mass is 32.2. The third-order valence-corrected chi connectivity index (χ3v) is 5.68. The van der Waals surface area contributed by atoms with E-state index in [1.807, 2.05) is 26.8 Å². The average Bonchev–Trinajstić information content (AvgIpc) is 2.46. The largest absolute Gasteiger partial charge is 0.598 e. The first-order valence-corrected chi connectivity index (χ1v) is 8.63. The quantitative estimate of drug-likeness (QED) is 0.679. The van der Waals surface area contributed by atoms with E-state index in [2.05, 4.69) is 9.71 Å². The number of fused-ring (bicyclic) bond motifs is 1. The molecule has 1 N–H and O–H groups in total. The van der Waals surface area contributed by atoms with Crippen LogP contribution in [0.2, 0.25) is 0 Å². The number of rotatable bonds is 4. The second-order valence-electron chi connectivity index (χ2n) is 6.70. The molecular weight excluding hydrogens is 300 g/mol. The zero-order valence-electron chi connectivity index (χ0n) is 13.6. The molecule has 22 heavy (non-hydrogen) atoms. The van der Waals surface area contributed by atoms with E-state index in [-0.39, 0.29) is 12.4 Å². The van der Waals surface area contributed by atoms with Crippen LogP contribution in [0.3, 0.4) is 0 Å². The van der Waals surface area contributed by atoms with E-state index < -0.39 is 21.6 Å². The lowest BCUT2D eigenvalue weighted by atomic mass is 9.76. The maximum atomic E-state index is 12.6. The summed E-state index contributed by atoms with van der Waals surface area (Å²) in [5, 5.41) is 0. The van der Waals surface area contributed by atoms with Gasteiger partial charge < -0.3 is 9.29 Å². The Labute approximate surface area is 135 Å². The summed E-state index contributed by atoms with van der Waals surface area (Å²) < 4.78 is 20.3. The van der Waals surface area contributed by atoms with Crippen LogP contribution in [-0.2, 0) is 32.9 Å². The molecule has 2 rings (SSSR count). The van der Waals surface area contributed by atoms with Crippen LogP contribution in [0.25, 0.3) is 0 Å². The number of nitrogens with one attached hydrogen (secondary N) is 1. The molecule has 5 nitrogen and oxygen atoms in total. The fourth-order valence-corrected chi connectivity index (χ4v) is 3.71. The summed E-state index contributed by atoms with van der Waals surface area (Å²) in [7, 11) is 1.38. The Morgan fingerprint density at radius 1 is 1.55 bits per heavy atom. The Hall–Kier alpha value is -1.11. The highest BCUT2D eigenvalue weighted by Gasteiger charge is 2.45. The Bertz CT molecular complexity index is 544. The molecule has 0 unspecified atom stereocenters. The van der Waals surface area contributed by atoms with Crippen molar-refractivity contribution in [2.45, 2.75) is 56.7 Å². The number of carbonyl (C=O) groups is 1. The minimum Gasteiger partial charge on any atom is -0.598 e. The lowest BCUT2D eigenvalue weighted by molar-refractivity contribution is -0.142. The minimum absolute atomic E-state index is 0.157. The molecule has 1 aliphatic rings. The van der Waals surface area contributed by atoms with Crippen molar-refractivity contribution in [3.8, 4) is 0 Å². The van der Waals surface area contributed by atoms with Gasteiger partial charge in [0.2, 0.25) is 0 Å². The number of aromatic nitrogens is 1. The molecule has 0 amide bonds.